The summed E-state index contributed by atoms with van der Waals surface area (Å²) in [5.41, 5.74) is 3.29. The van der Waals surface area contributed by atoms with Gasteiger partial charge >= 0.3 is 0 Å². The molecule has 1 atom stereocenters. The summed E-state index contributed by atoms with van der Waals surface area (Å²) in [6.07, 6.45) is 0. The van der Waals surface area contributed by atoms with E-state index in [0.717, 1.165) is 36.2 Å². The number of aryl methyl sites for hydroxylation is 1. The predicted octanol–water partition coefficient (Wildman–Crippen LogP) is 2.19. The number of rotatable bonds is 1. The monoisotopic (exact) mass is 247 g/mol. The van der Waals surface area contributed by atoms with Crippen LogP contribution in [0.2, 0.25) is 0 Å². The van der Waals surface area contributed by atoms with Crippen molar-refractivity contribution in [1.29, 1.82) is 0 Å². The fraction of sp³-hybridized carbons (Fsp3) is 0.429. The Hall–Kier alpha value is -1.39. The van der Waals surface area contributed by atoms with Crippen molar-refractivity contribution in [2.24, 2.45) is 0 Å². The number of hydrogen-bond acceptors (Lipinski definition) is 2. The largest absolute Gasteiger partial charge is 0.358 e. The molecule has 2 aromatic rings. The third-order valence-corrected chi connectivity index (χ3v) is 3.72. The van der Waals surface area contributed by atoms with Crippen LogP contribution in [-0.4, -0.2) is 36.6 Å². The van der Waals surface area contributed by atoms with Crippen LogP contribution in [0.3, 0.4) is 0 Å². The maximum atomic E-state index is 13.2. The topological polar surface area (TPSA) is 31.1 Å². The summed E-state index contributed by atoms with van der Waals surface area (Å²) in [6, 6.07) is 5.30. The Morgan fingerprint density at radius 1 is 1.39 bits per heavy atom. The number of fused-ring (bicyclic) bond motifs is 1. The van der Waals surface area contributed by atoms with Gasteiger partial charge in [0.15, 0.2) is 0 Å². The highest BCUT2D eigenvalue weighted by atomic mass is 19.1. The normalized spacial score (nSPS) is 21.6. The first-order chi connectivity index (χ1) is 8.65. The van der Waals surface area contributed by atoms with Crippen LogP contribution in [0.5, 0.6) is 0 Å². The van der Waals surface area contributed by atoms with Crippen LogP contribution in [0.25, 0.3) is 10.9 Å². The molecule has 0 amide bonds. The van der Waals surface area contributed by atoms with Crippen LogP contribution < -0.4 is 5.32 Å². The quantitative estimate of drug-likeness (QED) is 0.809. The van der Waals surface area contributed by atoms with Crippen LogP contribution >= 0.6 is 0 Å². The van der Waals surface area contributed by atoms with Crippen molar-refractivity contribution in [3.63, 3.8) is 0 Å². The third kappa shape index (κ3) is 1.91. The molecule has 1 aliphatic rings. The Morgan fingerprint density at radius 3 is 3.00 bits per heavy atom. The first-order valence-corrected chi connectivity index (χ1v) is 6.35. The van der Waals surface area contributed by atoms with Crippen molar-refractivity contribution < 1.29 is 4.39 Å². The fourth-order valence-electron chi connectivity index (χ4n) is 2.87. The summed E-state index contributed by atoms with van der Waals surface area (Å²) in [7, 11) is 2.14. The van der Waals surface area contributed by atoms with E-state index >= 15 is 0 Å². The van der Waals surface area contributed by atoms with Crippen molar-refractivity contribution in [1.82, 2.24) is 15.2 Å². The van der Waals surface area contributed by atoms with Gasteiger partial charge in [0, 0.05) is 42.3 Å². The molecule has 0 bridgehead atoms. The number of halogens is 1. The van der Waals surface area contributed by atoms with Gasteiger partial charge in [-0.3, -0.25) is 0 Å². The number of nitrogens with one attached hydrogen (secondary N) is 2. The van der Waals surface area contributed by atoms with Gasteiger partial charge in [-0.25, -0.2) is 4.39 Å². The van der Waals surface area contributed by atoms with Gasteiger partial charge in [0.1, 0.15) is 5.82 Å². The molecule has 0 radical (unpaired) electrons. The Balaban J connectivity index is 2.07. The van der Waals surface area contributed by atoms with Crippen molar-refractivity contribution >= 4 is 10.9 Å². The number of H-pyrrole nitrogens is 1. The second-order valence-corrected chi connectivity index (χ2v) is 5.12. The van der Waals surface area contributed by atoms with Crippen LogP contribution in [0.1, 0.15) is 17.3 Å². The zero-order valence-electron chi connectivity index (χ0n) is 10.8. The van der Waals surface area contributed by atoms with Crippen LogP contribution in [0, 0.1) is 12.7 Å². The number of likely N-dealkylation sites (N-methyl/N-ethyl adjacent to an activating group) is 1. The number of piperazine rings is 1. The number of aromatic amines is 1. The second kappa shape index (κ2) is 4.37. The number of hydrogen-bond donors (Lipinski definition) is 2. The Labute approximate surface area is 106 Å². The Morgan fingerprint density at radius 2 is 2.22 bits per heavy atom. The molecule has 0 spiro atoms. The van der Waals surface area contributed by atoms with Gasteiger partial charge in [0.2, 0.25) is 0 Å². The summed E-state index contributed by atoms with van der Waals surface area (Å²) in [5, 5.41) is 4.67. The van der Waals surface area contributed by atoms with E-state index in [1.807, 2.05) is 6.07 Å². The summed E-state index contributed by atoms with van der Waals surface area (Å²) in [5.74, 6) is -0.191. The highest BCUT2D eigenvalue weighted by Gasteiger charge is 2.23. The molecule has 1 fully saturated rings. The first kappa shape index (κ1) is 11.7. The first-order valence-electron chi connectivity index (χ1n) is 6.35. The lowest BCUT2D eigenvalue weighted by atomic mass is 10.0. The zero-order valence-corrected chi connectivity index (χ0v) is 10.8. The lowest BCUT2D eigenvalue weighted by Crippen LogP contribution is -2.43. The van der Waals surface area contributed by atoms with E-state index in [4.69, 9.17) is 0 Å². The van der Waals surface area contributed by atoms with Gasteiger partial charge < -0.3 is 15.2 Å². The summed E-state index contributed by atoms with van der Waals surface area (Å²) in [4.78, 5) is 5.60. The van der Waals surface area contributed by atoms with Crippen LogP contribution in [-0.2, 0) is 0 Å². The molecule has 1 aliphatic heterocycles. The van der Waals surface area contributed by atoms with Gasteiger partial charge in [-0.05, 0) is 37.7 Å². The number of nitrogens with zero attached hydrogens (tertiary/aromatic N) is 1. The minimum Gasteiger partial charge on any atom is -0.358 e. The molecule has 1 unspecified atom stereocenters. The molecular weight excluding hydrogens is 229 g/mol. The van der Waals surface area contributed by atoms with E-state index in [0.29, 0.717) is 6.04 Å². The summed E-state index contributed by atoms with van der Waals surface area (Å²) in [6.45, 7) is 5.12. The zero-order chi connectivity index (χ0) is 12.7. The van der Waals surface area contributed by atoms with Gasteiger partial charge in [-0.1, -0.05) is 0 Å². The minimum absolute atomic E-state index is 0.191. The predicted molar refractivity (Wildman–Crippen MR) is 71.2 cm³/mol. The molecule has 3 nitrogen and oxygen atoms in total. The van der Waals surface area contributed by atoms with Gasteiger partial charge in [0.25, 0.3) is 0 Å². The SMILES string of the molecule is Cc1[nH]c2cc(F)ccc2c1C1CN(C)CCN1. The molecule has 18 heavy (non-hydrogen) atoms. The van der Waals surface area contributed by atoms with E-state index in [1.54, 1.807) is 6.07 Å². The molecule has 0 saturated carbocycles. The molecule has 0 aliphatic carbocycles. The summed E-state index contributed by atoms with van der Waals surface area (Å²) < 4.78 is 13.2. The Bertz CT molecular complexity index is 576. The van der Waals surface area contributed by atoms with Gasteiger partial charge in [0.05, 0.1) is 0 Å². The van der Waals surface area contributed by atoms with E-state index in [1.165, 1.54) is 11.6 Å². The van der Waals surface area contributed by atoms with E-state index < -0.39 is 0 Å². The molecule has 1 aromatic heterocycles. The standard InChI is InChI=1S/C14H18FN3/c1-9-14(13-8-18(2)6-5-16-13)11-4-3-10(15)7-12(11)17-9/h3-4,7,13,16-17H,5-6,8H2,1-2H3. The molecule has 3 rings (SSSR count). The van der Waals surface area contributed by atoms with E-state index in [2.05, 4.69) is 29.2 Å². The third-order valence-electron chi connectivity index (χ3n) is 3.72. The molecular formula is C14H18FN3. The number of benzene rings is 1. The minimum atomic E-state index is -0.191. The van der Waals surface area contributed by atoms with Crippen LogP contribution in [0.4, 0.5) is 4.39 Å². The summed E-state index contributed by atoms with van der Waals surface area (Å²) >= 11 is 0. The Kier molecular flexibility index (Phi) is 2.84. The van der Waals surface area contributed by atoms with Crippen LogP contribution in [0.15, 0.2) is 18.2 Å². The molecule has 4 heteroatoms. The lowest BCUT2D eigenvalue weighted by molar-refractivity contribution is 0.241. The van der Waals surface area contributed by atoms with Crippen molar-refractivity contribution in [3.05, 3.63) is 35.3 Å². The van der Waals surface area contributed by atoms with Gasteiger partial charge in [-0.2, -0.15) is 0 Å². The maximum Gasteiger partial charge on any atom is 0.125 e. The number of aromatic nitrogens is 1. The molecule has 96 valence electrons. The highest BCUT2D eigenvalue weighted by Crippen LogP contribution is 2.29. The van der Waals surface area contributed by atoms with Crippen molar-refractivity contribution in [3.8, 4) is 0 Å². The maximum absolute atomic E-state index is 13.2. The average molecular weight is 247 g/mol. The molecule has 1 aromatic carbocycles. The van der Waals surface area contributed by atoms with Gasteiger partial charge in [-0.15, -0.1) is 0 Å². The van der Waals surface area contributed by atoms with Crippen molar-refractivity contribution in [2.45, 2.75) is 13.0 Å². The van der Waals surface area contributed by atoms with Crippen molar-refractivity contribution in [2.75, 3.05) is 26.7 Å². The molecule has 2 heterocycles. The smallest absolute Gasteiger partial charge is 0.125 e. The van der Waals surface area contributed by atoms with E-state index in [-0.39, 0.29) is 5.82 Å². The fourth-order valence-corrected chi connectivity index (χ4v) is 2.87. The van der Waals surface area contributed by atoms with E-state index in [9.17, 15) is 4.39 Å². The average Bonchev–Trinajstić information content (AvgIpc) is 2.64. The highest BCUT2D eigenvalue weighted by molar-refractivity contribution is 5.85. The molecule has 2 N–H and O–H groups in total. The lowest BCUT2D eigenvalue weighted by Gasteiger charge is -2.31. The second-order valence-electron chi connectivity index (χ2n) is 5.12. The molecule has 1 saturated heterocycles.